The van der Waals surface area contributed by atoms with Gasteiger partial charge in [-0.2, -0.15) is 0 Å². The fourth-order valence-corrected chi connectivity index (χ4v) is 3.39. The molecule has 0 unspecified atom stereocenters. The van der Waals surface area contributed by atoms with Crippen molar-refractivity contribution in [3.05, 3.63) is 48.0 Å². The standard InChI is InChI=1S/C19H24N2O/c1-14(20)17-9-5-11-21(13-17)19(22)12-16-8-4-7-15-6-2-3-10-18(15)16/h2-4,6-8,10,14,17H,5,9,11-13,20H2,1H3/t14-,17-/m1/s1. The van der Waals surface area contributed by atoms with E-state index in [-0.39, 0.29) is 11.9 Å². The molecule has 0 bridgehead atoms. The molecule has 3 rings (SSSR count). The van der Waals surface area contributed by atoms with Crippen LogP contribution in [0.15, 0.2) is 42.5 Å². The van der Waals surface area contributed by atoms with Crippen molar-refractivity contribution in [2.45, 2.75) is 32.2 Å². The molecule has 2 N–H and O–H groups in total. The highest BCUT2D eigenvalue weighted by Crippen LogP contribution is 2.22. The summed E-state index contributed by atoms with van der Waals surface area (Å²) in [5.74, 6) is 0.659. The lowest BCUT2D eigenvalue weighted by Gasteiger charge is -2.34. The minimum Gasteiger partial charge on any atom is -0.342 e. The van der Waals surface area contributed by atoms with Crippen LogP contribution in [0.1, 0.15) is 25.3 Å². The highest BCUT2D eigenvalue weighted by Gasteiger charge is 2.25. The molecule has 0 aliphatic carbocycles. The van der Waals surface area contributed by atoms with Gasteiger partial charge in [0, 0.05) is 19.1 Å². The van der Waals surface area contributed by atoms with Crippen LogP contribution in [0.2, 0.25) is 0 Å². The van der Waals surface area contributed by atoms with E-state index in [1.54, 1.807) is 0 Å². The number of nitrogens with two attached hydrogens (primary N) is 1. The first-order valence-electron chi connectivity index (χ1n) is 8.15. The van der Waals surface area contributed by atoms with E-state index in [9.17, 15) is 4.79 Å². The summed E-state index contributed by atoms with van der Waals surface area (Å²) in [6.07, 6.45) is 2.68. The Morgan fingerprint density at radius 3 is 2.86 bits per heavy atom. The number of rotatable bonds is 3. The highest BCUT2D eigenvalue weighted by molar-refractivity contribution is 5.90. The van der Waals surface area contributed by atoms with Crippen LogP contribution in [0.3, 0.4) is 0 Å². The number of fused-ring (bicyclic) bond motifs is 1. The number of carbonyl (C=O) groups excluding carboxylic acids is 1. The molecule has 22 heavy (non-hydrogen) atoms. The Balaban J connectivity index is 1.76. The van der Waals surface area contributed by atoms with Crippen LogP contribution < -0.4 is 5.73 Å². The molecule has 2 atom stereocenters. The van der Waals surface area contributed by atoms with Gasteiger partial charge in [0.05, 0.1) is 6.42 Å². The fraction of sp³-hybridized carbons (Fsp3) is 0.421. The van der Waals surface area contributed by atoms with Crippen molar-refractivity contribution in [1.29, 1.82) is 0 Å². The van der Waals surface area contributed by atoms with Crippen molar-refractivity contribution in [2.75, 3.05) is 13.1 Å². The average molecular weight is 296 g/mol. The van der Waals surface area contributed by atoms with Crippen molar-refractivity contribution in [3.8, 4) is 0 Å². The summed E-state index contributed by atoms with van der Waals surface area (Å²) in [5.41, 5.74) is 7.14. The Kier molecular flexibility index (Phi) is 4.44. The van der Waals surface area contributed by atoms with E-state index < -0.39 is 0 Å². The van der Waals surface area contributed by atoms with Gasteiger partial charge >= 0.3 is 0 Å². The third-order valence-electron chi connectivity index (χ3n) is 4.78. The van der Waals surface area contributed by atoms with Crippen LogP contribution in [-0.4, -0.2) is 29.9 Å². The van der Waals surface area contributed by atoms with Crippen molar-refractivity contribution in [2.24, 2.45) is 11.7 Å². The number of hydrogen-bond acceptors (Lipinski definition) is 2. The topological polar surface area (TPSA) is 46.3 Å². The van der Waals surface area contributed by atoms with Crippen molar-refractivity contribution in [3.63, 3.8) is 0 Å². The zero-order valence-electron chi connectivity index (χ0n) is 13.2. The van der Waals surface area contributed by atoms with Crippen LogP contribution in [0.4, 0.5) is 0 Å². The van der Waals surface area contributed by atoms with Gasteiger partial charge in [0.1, 0.15) is 0 Å². The van der Waals surface area contributed by atoms with E-state index in [0.717, 1.165) is 31.5 Å². The van der Waals surface area contributed by atoms with Crippen LogP contribution in [0, 0.1) is 5.92 Å². The number of piperidine rings is 1. The van der Waals surface area contributed by atoms with Crippen molar-refractivity contribution in [1.82, 2.24) is 4.90 Å². The van der Waals surface area contributed by atoms with Gasteiger partial charge in [0.25, 0.3) is 0 Å². The minimum absolute atomic E-state index is 0.160. The Morgan fingerprint density at radius 2 is 2.05 bits per heavy atom. The summed E-state index contributed by atoms with van der Waals surface area (Å²) in [4.78, 5) is 14.7. The number of amides is 1. The summed E-state index contributed by atoms with van der Waals surface area (Å²) in [7, 11) is 0. The number of hydrogen-bond donors (Lipinski definition) is 1. The van der Waals surface area contributed by atoms with Crippen LogP contribution in [-0.2, 0) is 11.2 Å². The minimum atomic E-state index is 0.160. The third-order valence-corrected chi connectivity index (χ3v) is 4.78. The molecule has 3 nitrogen and oxygen atoms in total. The van der Waals surface area contributed by atoms with E-state index in [1.807, 2.05) is 30.0 Å². The Hall–Kier alpha value is -1.87. The quantitative estimate of drug-likeness (QED) is 0.946. The van der Waals surface area contributed by atoms with E-state index >= 15 is 0 Å². The maximum Gasteiger partial charge on any atom is 0.227 e. The summed E-state index contributed by atoms with van der Waals surface area (Å²) < 4.78 is 0. The van der Waals surface area contributed by atoms with E-state index in [4.69, 9.17) is 5.73 Å². The lowest BCUT2D eigenvalue weighted by molar-refractivity contribution is -0.132. The van der Waals surface area contributed by atoms with Gasteiger partial charge in [-0.05, 0) is 42.0 Å². The predicted octanol–water partition coefficient (Wildman–Crippen LogP) is 2.97. The molecule has 1 heterocycles. The second-order valence-corrected chi connectivity index (χ2v) is 6.42. The first kappa shape index (κ1) is 15.0. The molecular formula is C19H24N2O. The lowest BCUT2D eigenvalue weighted by atomic mass is 9.91. The van der Waals surface area contributed by atoms with Gasteiger partial charge in [-0.15, -0.1) is 0 Å². The average Bonchev–Trinajstić information content (AvgIpc) is 2.55. The smallest absolute Gasteiger partial charge is 0.227 e. The van der Waals surface area contributed by atoms with Gasteiger partial charge in [0.15, 0.2) is 0 Å². The number of benzene rings is 2. The second-order valence-electron chi connectivity index (χ2n) is 6.42. The molecule has 0 radical (unpaired) electrons. The van der Waals surface area contributed by atoms with E-state index in [1.165, 1.54) is 10.8 Å². The molecule has 0 aromatic heterocycles. The second kappa shape index (κ2) is 6.49. The van der Waals surface area contributed by atoms with Gasteiger partial charge < -0.3 is 10.6 Å². The van der Waals surface area contributed by atoms with Crippen LogP contribution >= 0.6 is 0 Å². The van der Waals surface area contributed by atoms with Gasteiger partial charge in [-0.1, -0.05) is 42.5 Å². The molecule has 1 amide bonds. The van der Waals surface area contributed by atoms with Gasteiger partial charge in [-0.25, -0.2) is 0 Å². The monoisotopic (exact) mass is 296 g/mol. The summed E-state index contributed by atoms with van der Waals surface area (Å²) in [6.45, 7) is 3.72. The molecule has 2 aromatic rings. The van der Waals surface area contributed by atoms with Crippen LogP contribution in [0.25, 0.3) is 10.8 Å². The molecule has 1 fully saturated rings. The number of nitrogens with zero attached hydrogens (tertiary/aromatic N) is 1. The highest BCUT2D eigenvalue weighted by atomic mass is 16.2. The van der Waals surface area contributed by atoms with Crippen molar-refractivity contribution < 1.29 is 4.79 Å². The zero-order valence-corrected chi connectivity index (χ0v) is 13.2. The van der Waals surface area contributed by atoms with Crippen molar-refractivity contribution >= 4 is 16.7 Å². The molecule has 2 aromatic carbocycles. The molecular weight excluding hydrogens is 272 g/mol. The summed E-state index contributed by atoms with van der Waals surface area (Å²) >= 11 is 0. The van der Waals surface area contributed by atoms with E-state index in [0.29, 0.717) is 12.3 Å². The van der Waals surface area contributed by atoms with Crippen LogP contribution in [0.5, 0.6) is 0 Å². The Bertz CT molecular complexity index is 660. The fourth-order valence-electron chi connectivity index (χ4n) is 3.39. The molecule has 1 aliphatic rings. The SMILES string of the molecule is C[C@@H](N)[C@@H]1CCCN(C(=O)Cc2cccc3ccccc23)C1. The summed E-state index contributed by atoms with van der Waals surface area (Å²) in [6, 6.07) is 14.6. The lowest BCUT2D eigenvalue weighted by Crippen LogP contribution is -2.45. The zero-order chi connectivity index (χ0) is 15.5. The van der Waals surface area contributed by atoms with E-state index in [2.05, 4.69) is 24.3 Å². The normalized spacial score (nSPS) is 20.1. The molecule has 0 spiro atoms. The maximum absolute atomic E-state index is 12.7. The predicted molar refractivity (Wildman–Crippen MR) is 90.6 cm³/mol. The first-order chi connectivity index (χ1) is 10.6. The molecule has 1 saturated heterocycles. The molecule has 0 saturated carbocycles. The molecule has 116 valence electrons. The Labute approximate surface area is 132 Å². The Morgan fingerprint density at radius 1 is 1.27 bits per heavy atom. The molecule has 3 heteroatoms. The van der Waals surface area contributed by atoms with Gasteiger partial charge in [0.2, 0.25) is 5.91 Å². The van der Waals surface area contributed by atoms with Gasteiger partial charge in [-0.3, -0.25) is 4.79 Å². The molecule has 1 aliphatic heterocycles. The summed E-state index contributed by atoms with van der Waals surface area (Å²) in [5, 5.41) is 2.37. The third kappa shape index (κ3) is 3.14. The number of carbonyl (C=O) groups is 1. The largest absolute Gasteiger partial charge is 0.342 e. The maximum atomic E-state index is 12.7. The first-order valence-corrected chi connectivity index (χ1v) is 8.15. The number of likely N-dealkylation sites (tertiary alicyclic amines) is 1.